The lowest BCUT2D eigenvalue weighted by Gasteiger charge is -2.32. The number of carboxylic acids is 1. The molecule has 1 aliphatic rings. The van der Waals surface area contributed by atoms with Crippen molar-refractivity contribution in [2.24, 2.45) is 14.1 Å². The second-order valence-corrected chi connectivity index (χ2v) is 15.5. The molecule has 1 N–H and O–H groups in total. The number of hydrogen-bond acceptors (Lipinski definition) is 13. The van der Waals surface area contributed by atoms with Gasteiger partial charge in [-0.15, -0.1) is 0 Å². The second-order valence-electron chi connectivity index (χ2n) is 15.1. The van der Waals surface area contributed by atoms with Crippen molar-refractivity contribution < 1.29 is 38.2 Å². The fourth-order valence-electron chi connectivity index (χ4n) is 5.91. The molecule has 330 valence electrons. The summed E-state index contributed by atoms with van der Waals surface area (Å²) < 4.78 is 32.3. The molecule has 1 saturated heterocycles. The molecule has 20 heteroatoms. The standard InChI is InChI=1S/C16H22N4O4.C14H21ClN2O4.C10H17BN2O2/c1-19-10-12(8-18-19)14-9-17-13(6-4-3-5-7-24-2)16(23)20(14)11-15(21)22;1-3-21-13(18)10-17-12(15)9-16-11(14(17)19)7-5-4-6-8-20-2;1-9(2)10(3,4)15-11(14-9)8-6-12-13(5)7-8/h8-10H,3-7,11H2,1-2H3,(H,21,22);9H,3-8,10H2,1-2H3;6-7H,1-5H3. The van der Waals surface area contributed by atoms with Gasteiger partial charge in [-0.2, -0.15) is 10.2 Å². The van der Waals surface area contributed by atoms with E-state index in [-0.39, 0.29) is 47.7 Å². The number of nitrogens with zero attached hydrogens (tertiary/aromatic N) is 8. The summed E-state index contributed by atoms with van der Waals surface area (Å²) in [7, 11) is 6.65. The van der Waals surface area contributed by atoms with E-state index in [0.29, 0.717) is 48.7 Å². The lowest BCUT2D eigenvalue weighted by atomic mass is 9.82. The minimum Gasteiger partial charge on any atom is -0.480 e. The van der Waals surface area contributed by atoms with E-state index >= 15 is 0 Å². The van der Waals surface area contributed by atoms with Gasteiger partial charge in [-0.1, -0.05) is 24.4 Å². The Balaban J connectivity index is 0.000000246. The quantitative estimate of drug-likeness (QED) is 0.0813. The Hall–Kier alpha value is -4.69. The molecule has 0 atom stereocenters. The molecule has 0 amide bonds. The maximum absolute atomic E-state index is 12.6. The lowest BCUT2D eigenvalue weighted by molar-refractivity contribution is -0.144. The lowest BCUT2D eigenvalue weighted by Crippen LogP contribution is -2.41. The van der Waals surface area contributed by atoms with Gasteiger partial charge in [-0.05, 0) is 73.1 Å². The number of hydrogen-bond donors (Lipinski definition) is 1. The maximum atomic E-state index is 12.6. The van der Waals surface area contributed by atoms with Crippen LogP contribution in [0.3, 0.4) is 0 Å². The second kappa shape index (κ2) is 23.9. The zero-order valence-electron chi connectivity index (χ0n) is 36.3. The number of carboxylic acid groups (broad SMARTS) is 1. The van der Waals surface area contributed by atoms with E-state index in [1.807, 2.05) is 40.9 Å². The molecule has 0 bridgehead atoms. The van der Waals surface area contributed by atoms with Crippen molar-refractivity contribution in [1.82, 2.24) is 38.7 Å². The number of carbonyl (C=O) groups is 2. The zero-order chi connectivity index (χ0) is 44.5. The minimum absolute atomic E-state index is 0.135. The summed E-state index contributed by atoms with van der Waals surface area (Å²) >= 11 is 5.92. The monoisotopic (exact) mass is 858 g/mol. The van der Waals surface area contributed by atoms with Crippen LogP contribution in [0.4, 0.5) is 0 Å². The number of aryl methyl sites for hydroxylation is 4. The van der Waals surface area contributed by atoms with Gasteiger partial charge in [0, 0.05) is 71.1 Å². The Morgan fingerprint density at radius 3 is 1.78 bits per heavy atom. The van der Waals surface area contributed by atoms with Gasteiger partial charge in [0.2, 0.25) is 0 Å². The molecule has 0 radical (unpaired) electrons. The molecule has 0 saturated carbocycles. The molecular weight excluding hydrogens is 799 g/mol. The molecule has 5 rings (SSSR count). The van der Waals surface area contributed by atoms with Gasteiger partial charge in [0.05, 0.1) is 42.1 Å². The van der Waals surface area contributed by atoms with Crippen LogP contribution in [0.1, 0.15) is 84.5 Å². The van der Waals surface area contributed by atoms with Gasteiger partial charge >= 0.3 is 19.1 Å². The maximum Gasteiger partial charge on any atom is 0.498 e. The molecule has 5 heterocycles. The average molecular weight is 859 g/mol. The fraction of sp³-hybridized carbons (Fsp3) is 0.600. The fourth-order valence-corrected chi connectivity index (χ4v) is 6.10. The highest BCUT2D eigenvalue weighted by Gasteiger charge is 2.52. The Morgan fingerprint density at radius 2 is 1.30 bits per heavy atom. The molecular formula is C40H60BClN8O10. The Morgan fingerprint density at radius 1 is 0.767 bits per heavy atom. The minimum atomic E-state index is -1.07. The number of ether oxygens (including phenoxy) is 3. The van der Waals surface area contributed by atoms with E-state index in [4.69, 9.17) is 40.2 Å². The van der Waals surface area contributed by atoms with Crippen molar-refractivity contribution in [3.05, 3.63) is 74.4 Å². The third-order valence-electron chi connectivity index (χ3n) is 9.86. The average Bonchev–Trinajstić information content (AvgIpc) is 3.88. The molecule has 0 unspecified atom stereocenters. The number of esters is 1. The van der Waals surface area contributed by atoms with Crippen LogP contribution in [0.5, 0.6) is 0 Å². The number of aromatic nitrogens is 8. The first kappa shape index (κ1) is 49.7. The van der Waals surface area contributed by atoms with Gasteiger partial charge in [0.1, 0.15) is 29.6 Å². The third kappa shape index (κ3) is 14.8. The number of carbonyl (C=O) groups excluding carboxylic acids is 1. The highest BCUT2D eigenvalue weighted by Crippen LogP contribution is 2.36. The van der Waals surface area contributed by atoms with Crippen LogP contribution in [0.2, 0.25) is 5.15 Å². The Kier molecular flexibility index (Phi) is 19.8. The van der Waals surface area contributed by atoms with E-state index in [0.717, 1.165) is 44.0 Å². The van der Waals surface area contributed by atoms with Crippen molar-refractivity contribution in [2.45, 2.75) is 110 Å². The van der Waals surface area contributed by atoms with Crippen LogP contribution >= 0.6 is 11.6 Å². The molecule has 0 aromatic carbocycles. The first-order chi connectivity index (χ1) is 28.4. The van der Waals surface area contributed by atoms with Crippen LogP contribution < -0.4 is 16.6 Å². The smallest absolute Gasteiger partial charge is 0.480 e. The van der Waals surface area contributed by atoms with Gasteiger partial charge in [0.25, 0.3) is 11.1 Å². The van der Waals surface area contributed by atoms with Crippen molar-refractivity contribution in [2.75, 3.05) is 34.0 Å². The van der Waals surface area contributed by atoms with Crippen LogP contribution in [-0.2, 0) is 73.1 Å². The largest absolute Gasteiger partial charge is 0.498 e. The summed E-state index contributed by atoms with van der Waals surface area (Å²) in [5, 5.41) is 17.4. The number of methoxy groups -OCH3 is 2. The van der Waals surface area contributed by atoms with Crippen LogP contribution in [-0.4, -0.2) is 108 Å². The third-order valence-corrected chi connectivity index (χ3v) is 10.2. The van der Waals surface area contributed by atoms with E-state index in [1.54, 1.807) is 62.3 Å². The topological polar surface area (TPSA) is 206 Å². The summed E-state index contributed by atoms with van der Waals surface area (Å²) in [5.74, 6) is -1.56. The van der Waals surface area contributed by atoms with Crippen LogP contribution in [0.25, 0.3) is 11.3 Å². The van der Waals surface area contributed by atoms with E-state index < -0.39 is 18.5 Å². The summed E-state index contributed by atoms with van der Waals surface area (Å²) in [4.78, 5) is 55.8. The molecule has 18 nitrogen and oxygen atoms in total. The molecule has 1 fully saturated rings. The summed E-state index contributed by atoms with van der Waals surface area (Å²) in [6.07, 6.45) is 16.4. The van der Waals surface area contributed by atoms with Crippen LogP contribution in [0, 0.1) is 0 Å². The SMILES string of the molecule is CCOC(=O)Cn1c(Cl)cnc(CCCCCOC)c1=O.COCCCCCc1ncc(-c2cnn(C)c2)n(CC(=O)O)c1=O.Cn1cc(B2OC(C)(C)C(C)(C)O2)cn1. The van der Waals surface area contributed by atoms with Gasteiger partial charge in [0.15, 0.2) is 0 Å². The predicted molar refractivity (Wildman–Crippen MR) is 226 cm³/mol. The van der Waals surface area contributed by atoms with E-state index in [2.05, 4.69) is 20.2 Å². The predicted octanol–water partition coefficient (Wildman–Crippen LogP) is 3.63. The normalized spacial score (nSPS) is 13.9. The summed E-state index contributed by atoms with van der Waals surface area (Å²) in [6.45, 7) is 11.0. The van der Waals surface area contributed by atoms with Crippen molar-refractivity contribution in [3.63, 3.8) is 0 Å². The van der Waals surface area contributed by atoms with E-state index in [1.165, 1.54) is 15.3 Å². The first-order valence-electron chi connectivity index (χ1n) is 20.0. The molecule has 1 aliphatic heterocycles. The molecule has 0 aliphatic carbocycles. The van der Waals surface area contributed by atoms with Gasteiger partial charge in [-0.3, -0.25) is 47.6 Å². The molecule has 4 aromatic heterocycles. The zero-order valence-corrected chi connectivity index (χ0v) is 37.1. The Bertz CT molecular complexity index is 2080. The summed E-state index contributed by atoms with van der Waals surface area (Å²) in [6, 6.07) is 0. The first-order valence-corrected chi connectivity index (χ1v) is 20.3. The molecule has 4 aromatic rings. The Labute approximate surface area is 356 Å². The van der Waals surface area contributed by atoms with Crippen LogP contribution in [0.15, 0.2) is 46.8 Å². The molecule has 0 spiro atoms. The highest BCUT2D eigenvalue weighted by molar-refractivity contribution is 6.62. The van der Waals surface area contributed by atoms with Crippen molar-refractivity contribution >= 4 is 36.1 Å². The van der Waals surface area contributed by atoms with Crippen molar-refractivity contribution in [1.29, 1.82) is 0 Å². The highest BCUT2D eigenvalue weighted by atomic mass is 35.5. The van der Waals surface area contributed by atoms with E-state index in [9.17, 15) is 19.2 Å². The summed E-state index contributed by atoms with van der Waals surface area (Å²) in [5.41, 5.74) is 1.64. The number of aliphatic carboxylic acids is 1. The number of rotatable bonds is 19. The van der Waals surface area contributed by atoms with Gasteiger partial charge < -0.3 is 28.6 Å². The number of halogens is 1. The number of unbranched alkanes of at least 4 members (excludes halogenated alkanes) is 4. The van der Waals surface area contributed by atoms with Crippen molar-refractivity contribution in [3.8, 4) is 11.3 Å². The molecule has 60 heavy (non-hydrogen) atoms. The van der Waals surface area contributed by atoms with Gasteiger partial charge in [-0.25, -0.2) is 0 Å².